The molecule has 0 aromatic rings. The highest BCUT2D eigenvalue weighted by molar-refractivity contribution is 6.60. The van der Waals surface area contributed by atoms with Crippen LogP contribution in [0.5, 0.6) is 0 Å². The topological polar surface area (TPSA) is 79.7 Å². The molecule has 0 atom stereocenters. The predicted molar refractivity (Wildman–Crippen MR) is 57.5 cm³/mol. The Bertz CT molecular complexity index is 185. The second-order valence-corrected chi connectivity index (χ2v) is 6.03. The van der Waals surface area contributed by atoms with Crippen LogP contribution in [0.15, 0.2) is 12.2 Å². The number of nitrogens with two attached hydrogens (primary N) is 2. The van der Waals surface area contributed by atoms with Gasteiger partial charge in [0.2, 0.25) is 0 Å². The standard InChI is InChI=1S/C8H20N2O3Si/c1-5-6-8(9,10)7-14(11-2,12-3)13-4/h5-6H,7,9-10H2,1-4H3. The van der Waals surface area contributed by atoms with Crippen LogP contribution in [-0.4, -0.2) is 35.8 Å². The van der Waals surface area contributed by atoms with E-state index in [9.17, 15) is 0 Å². The molecular weight excluding hydrogens is 200 g/mol. The molecule has 0 aliphatic heterocycles. The van der Waals surface area contributed by atoms with Crippen LogP contribution in [0, 0.1) is 0 Å². The molecule has 0 bridgehead atoms. The highest BCUT2D eigenvalue weighted by Crippen LogP contribution is 2.18. The highest BCUT2D eigenvalue weighted by atomic mass is 28.4. The van der Waals surface area contributed by atoms with Gasteiger partial charge in [-0.15, -0.1) is 0 Å². The first-order chi connectivity index (χ1) is 6.45. The Morgan fingerprint density at radius 3 is 1.86 bits per heavy atom. The van der Waals surface area contributed by atoms with Gasteiger partial charge in [0, 0.05) is 21.3 Å². The van der Waals surface area contributed by atoms with Gasteiger partial charge in [-0.1, -0.05) is 12.2 Å². The fraction of sp³-hybridized carbons (Fsp3) is 0.750. The van der Waals surface area contributed by atoms with Crippen molar-refractivity contribution in [2.75, 3.05) is 21.3 Å². The van der Waals surface area contributed by atoms with E-state index in [-0.39, 0.29) is 0 Å². The van der Waals surface area contributed by atoms with E-state index in [1.807, 2.05) is 6.92 Å². The molecule has 0 heterocycles. The predicted octanol–water partition coefficient (Wildman–Crippen LogP) is 0.0543. The van der Waals surface area contributed by atoms with Crippen molar-refractivity contribution < 1.29 is 13.3 Å². The van der Waals surface area contributed by atoms with E-state index in [0.717, 1.165) is 0 Å². The molecule has 0 spiro atoms. The second-order valence-electron chi connectivity index (χ2n) is 3.08. The molecular formula is C8H20N2O3Si. The van der Waals surface area contributed by atoms with Gasteiger partial charge >= 0.3 is 8.80 Å². The summed E-state index contributed by atoms with van der Waals surface area (Å²) in [4.78, 5) is 0. The van der Waals surface area contributed by atoms with Gasteiger partial charge in [0.25, 0.3) is 0 Å². The first-order valence-electron chi connectivity index (χ1n) is 4.32. The average Bonchev–Trinajstić information content (AvgIpc) is 2.14. The number of allylic oxidation sites excluding steroid dienone is 1. The van der Waals surface area contributed by atoms with Crippen molar-refractivity contribution >= 4 is 8.80 Å². The van der Waals surface area contributed by atoms with E-state index in [2.05, 4.69) is 0 Å². The molecule has 0 aliphatic carbocycles. The molecule has 0 rings (SSSR count). The SMILES string of the molecule is CC=CC(N)(N)C[Si](OC)(OC)OC. The molecule has 4 N–H and O–H groups in total. The van der Waals surface area contributed by atoms with Gasteiger partial charge in [-0.2, -0.15) is 0 Å². The monoisotopic (exact) mass is 220 g/mol. The van der Waals surface area contributed by atoms with Crippen LogP contribution in [0.4, 0.5) is 0 Å². The minimum atomic E-state index is -2.69. The maximum absolute atomic E-state index is 5.83. The van der Waals surface area contributed by atoms with Crippen molar-refractivity contribution in [2.24, 2.45) is 11.5 Å². The van der Waals surface area contributed by atoms with Crippen LogP contribution < -0.4 is 11.5 Å². The van der Waals surface area contributed by atoms with Crippen molar-refractivity contribution in [2.45, 2.75) is 18.6 Å². The van der Waals surface area contributed by atoms with Gasteiger partial charge in [0.15, 0.2) is 0 Å². The Kier molecular flexibility index (Phi) is 5.50. The fourth-order valence-electron chi connectivity index (χ4n) is 1.21. The molecule has 0 aromatic carbocycles. The smallest absolute Gasteiger partial charge is 0.377 e. The highest BCUT2D eigenvalue weighted by Gasteiger charge is 2.43. The van der Waals surface area contributed by atoms with Gasteiger partial charge in [-0.05, 0) is 6.92 Å². The number of hydrogen-bond acceptors (Lipinski definition) is 5. The lowest BCUT2D eigenvalue weighted by Gasteiger charge is -2.31. The molecule has 0 fully saturated rings. The largest absolute Gasteiger partial charge is 0.503 e. The van der Waals surface area contributed by atoms with E-state index in [0.29, 0.717) is 6.04 Å². The Labute approximate surface area is 86.4 Å². The second kappa shape index (κ2) is 5.59. The molecule has 14 heavy (non-hydrogen) atoms. The molecule has 0 saturated carbocycles. The van der Waals surface area contributed by atoms with Crippen LogP contribution in [0.2, 0.25) is 6.04 Å². The van der Waals surface area contributed by atoms with Gasteiger partial charge in [0.05, 0.1) is 11.7 Å². The summed E-state index contributed by atoms with van der Waals surface area (Å²) >= 11 is 0. The molecule has 0 aliphatic rings. The van der Waals surface area contributed by atoms with E-state index in [4.69, 9.17) is 24.7 Å². The van der Waals surface area contributed by atoms with E-state index >= 15 is 0 Å². The Hall–Kier alpha value is -0.243. The summed E-state index contributed by atoms with van der Waals surface area (Å²) < 4.78 is 15.7. The van der Waals surface area contributed by atoms with Gasteiger partial charge in [-0.25, -0.2) is 0 Å². The van der Waals surface area contributed by atoms with E-state index in [1.165, 1.54) is 21.3 Å². The van der Waals surface area contributed by atoms with Crippen LogP contribution in [0.25, 0.3) is 0 Å². The summed E-state index contributed by atoms with van der Waals surface area (Å²) in [7, 11) is 1.91. The van der Waals surface area contributed by atoms with Crippen molar-refractivity contribution in [1.82, 2.24) is 0 Å². The Morgan fingerprint density at radius 1 is 1.14 bits per heavy atom. The zero-order chi connectivity index (χ0) is 11.2. The molecule has 5 nitrogen and oxygen atoms in total. The molecule has 0 saturated heterocycles. The maximum Gasteiger partial charge on any atom is 0.503 e. The molecule has 0 unspecified atom stereocenters. The minimum Gasteiger partial charge on any atom is -0.377 e. The molecule has 0 amide bonds. The lowest BCUT2D eigenvalue weighted by atomic mass is 10.2. The summed E-state index contributed by atoms with van der Waals surface area (Å²) in [6, 6.07) is 0.341. The molecule has 0 aromatic heterocycles. The third-order valence-electron chi connectivity index (χ3n) is 1.93. The van der Waals surface area contributed by atoms with Gasteiger partial charge in [0.1, 0.15) is 0 Å². The summed E-state index contributed by atoms with van der Waals surface area (Å²) in [5.41, 5.74) is 10.7. The van der Waals surface area contributed by atoms with Gasteiger partial charge < -0.3 is 24.7 Å². The van der Waals surface area contributed by atoms with Crippen molar-refractivity contribution in [3.63, 3.8) is 0 Å². The first kappa shape index (κ1) is 13.8. The van der Waals surface area contributed by atoms with Crippen molar-refractivity contribution in [3.8, 4) is 0 Å². The van der Waals surface area contributed by atoms with E-state index in [1.54, 1.807) is 12.2 Å². The Balaban J connectivity index is 4.58. The van der Waals surface area contributed by atoms with Crippen LogP contribution in [0.1, 0.15) is 6.92 Å². The van der Waals surface area contributed by atoms with Crippen LogP contribution in [0.3, 0.4) is 0 Å². The summed E-state index contributed by atoms with van der Waals surface area (Å²) in [6.07, 6.45) is 3.49. The summed E-state index contributed by atoms with van der Waals surface area (Å²) in [5, 5.41) is 0. The molecule has 84 valence electrons. The zero-order valence-electron chi connectivity index (χ0n) is 9.24. The average molecular weight is 220 g/mol. The first-order valence-corrected chi connectivity index (χ1v) is 6.25. The third-order valence-corrected chi connectivity index (χ3v) is 4.84. The minimum absolute atomic E-state index is 0.341. The molecule has 0 radical (unpaired) electrons. The van der Waals surface area contributed by atoms with Crippen LogP contribution >= 0.6 is 0 Å². The quantitative estimate of drug-likeness (QED) is 0.376. The summed E-state index contributed by atoms with van der Waals surface area (Å²) in [5.74, 6) is 0. The lowest BCUT2D eigenvalue weighted by Crippen LogP contribution is -2.57. The lowest BCUT2D eigenvalue weighted by molar-refractivity contribution is 0.118. The zero-order valence-corrected chi connectivity index (χ0v) is 10.2. The number of hydrogen-bond donors (Lipinski definition) is 2. The third kappa shape index (κ3) is 3.87. The van der Waals surface area contributed by atoms with E-state index < -0.39 is 14.5 Å². The maximum atomic E-state index is 5.83. The number of rotatable bonds is 6. The van der Waals surface area contributed by atoms with Crippen molar-refractivity contribution in [3.05, 3.63) is 12.2 Å². The summed E-state index contributed by atoms with van der Waals surface area (Å²) in [6.45, 7) is 1.85. The van der Waals surface area contributed by atoms with Crippen molar-refractivity contribution in [1.29, 1.82) is 0 Å². The van der Waals surface area contributed by atoms with Gasteiger partial charge in [-0.3, -0.25) is 0 Å². The molecule has 6 heteroatoms. The fourth-order valence-corrected chi connectivity index (χ4v) is 3.01. The Morgan fingerprint density at radius 2 is 1.57 bits per heavy atom. The normalized spacial score (nSPS) is 13.9. The van der Waals surface area contributed by atoms with Crippen LogP contribution in [-0.2, 0) is 13.3 Å².